The van der Waals surface area contributed by atoms with Crippen LogP contribution in [0.2, 0.25) is 0 Å². The fraction of sp³-hybridized carbons (Fsp3) is 0.111. The summed E-state index contributed by atoms with van der Waals surface area (Å²) in [4.78, 5) is 30.8. The second-order valence-corrected chi connectivity index (χ2v) is 5.76. The summed E-state index contributed by atoms with van der Waals surface area (Å²) < 4.78 is 1.57. The van der Waals surface area contributed by atoms with Crippen molar-refractivity contribution in [2.24, 2.45) is 5.73 Å². The number of benzene rings is 1. The Morgan fingerprint density at radius 2 is 1.92 bits per heavy atom. The minimum atomic E-state index is -0.708. The van der Waals surface area contributed by atoms with Crippen molar-refractivity contribution in [2.45, 2.75) is 12.5 Å². The predicted octanol–water partition coefficient (Wildman–Crippen LogP) is 1.32. The van der Waals surface area contributed by atoms with E-state index in [4.69, 9.17) is 5.73 Å². The number of carbonyl (C=O) groups excluding carboxylic acids is 2. The molecular weight excluding hydrogens is 318 g/mol. The number of nitrogens with zero attached hydrogens (tertiary/aromatic N) is 4. The Morgan fingerprint density at radius 1 is 1.08 bits per heavy atom. The number of primary amides is 1. The van der Waals surface area contributed by atoms with Crippen LogP contribution in [0.3, 0.4) is 0 Å². The van der Waals surface area contributed by atoms with E-state index in [0.717, 1.165) is 5.56 Å². The van der Waals surface area contributed by atoms with Crippen LogP contribution in [0.4, 0.5) is 5.69 Å². The van der Waals surface area contributed by atoms with E-state index in [-0.39, 0.29) is 11.6 Å². The van der Waals surface area contributed by atoms with Gasteiger partial charge in [-0.3, -0.25) is 14.5 Å². The van der Waals surface area contributed by atoms with Crippen molar-refractivity contribution in [1.82, 2.24) is 14.8 Å². The third kappa shape index (κ3) is 2.55. The Balaban J connectivity index is 1.75. The van der Waals surface area contributed by atoms with E-state index >= 15 is 0 Å². The van der Waals surface area contributed by atoms with Gasteiger partial charge in [0.05, 0.1) is 0 Å². The zero-order chi connectivity index (χ0) is 17.4. The number of nitrogens with two attached hydrogens (primary N) is 1. The third-order valence-corrected chi connectivity index (χ3v) is 4.22. The lowest BCUT2D eigenvalue weighted by atomic mass is 10.1. The molecule has 25 heavy (non-hydrogen) atoms. The van der Waals surface area contributed by atoms with E-state index in [1.807, 2.05) is 24.3 Å². The topological polar surface area (TPSA) is 94.1 Å². The summed E-state index contributed by atoms with van der Waals surface area (Å²) in [6.07, 6.45) is 3.79. The number of hydrogen-bond donors (Lipinski definition) is 1. The van der Waals surface area contributed by atoms with Gasteiger partial charge < -0.3 is 5.73 Å². The maximum atomic E-state index is 13.1. The Labute approximate surface area is 143 Å². The molecular formula is C18H15N5O2. The molecule has 3 aromatic rings. The van der Waals surface area contributed by atoms with Gasteiger partial charge >= 0.3 is 0 Å². The van der Waals surface area contributed by atoms with Crippen LogP contribution < -0.4 is 10.6 Å². The highest BCUT2D eigenvalue weighted by Gasteiger charge is 2.38. The molecule has 0 bridgehead atoms. The van der Waals surface area contributed by atoms with Crippen molar-refractivity contribution in [3.63, 3.8) is 0 Å². The van der Waals surface area contributed by atoms with Gasteiger partial charge in [-0.05, 0) is 29.8 Å². The Morgan fingerprint density at radius 3 is 2.68 bits per heavy atom. The van der Waals surface area contributed by atoms with Crippen LogP contribution in [0.25, 0.3) is 5.82 Å². The van der Waals surface area contributed by atoms with Gasteiger partial charge in [-0.15, -0.1) is 0 Å². The van der Waals surface area contributed by atoms with Gasteiger partial charge in [0, 0.05) is 24.5 Å². The minimum absolute atomic E-state index is 0.232. The maximum Gasteiger partial charge on any atom is 0.277 e. The molecule has 0 saturated carbocycles. The average molecular weight is 333 g/mol. The van der Waals surface area contributed by atoms with Gasteiger partial charge in [-0.2, -0.15) is 5.10 Å². The molecule has 2 aromatic heterocycles. The Kier molecular flexibility index (Phi) is 3.53. The van der Waals surface area contributed by atoms with Crippen LogP contribution in [0.1, 0.15) is 16.1 Å². The number of hydrogen-bond acceptors (Lipinski definition) is 4. The summed E-state index contributed by atoms with van der Waals surface area (Å²) in [7, 11) is 0. The highest BCUT2D eigenvalue weighted by molar-refractivity contribution is 6.10. The minimum Gasteiger partial charge on any atom is -0.368 e. The zero-order valence-corrected chi connectivity index (χ0v) is 13.2. The second-order valence-electron chi connectivity index (χ2n) is 5.76. The third-order valence-electron chi connectivity index (χ3n) is 4.22. The molecule has 1 atom stereocenters. The molecule has 7 nitrogen and oxygen atoms in total. The second kappa shape index (κ2) is 5.86. The zero-order valence-electron chi connectivity index (χ0n) is 13.2. The van der Waals surface area contributed by atoms with Crippen molar-refractivity contribution in [1.29, 1.82) is 0 Å². The molecule has 0 fully saturated rings. The molecule has 0 radical (unpaired) electrons. The van der Waals surface area contributed by atoms with E-state index in [1.54, 1.807) is 41.3 Å². The van der Waals surface area contributed by atoms with Crippen LogP contribution in [0.5, 0.6) is 0 Å². The van der Waals surface area contributed by atoms with Crippen LogP contribution in [0, 0.1) is 0 Å². The van der Waals surface area contributed by atoms with Crippen LogP contribution in [-0.2, 0) is 11.2 Å². The largest absolute Gasteiger partial charge is 0.368 e. The van der Waals surface area contributed by atoms with Gasteiger partial charge in [0.15, 0.2) is 5.82 Å². The van der Waals surface area contributed by atoms with E-state index in [9.17, 15) is 9.59 Å². The number of aromatic nitrogens is 3. The van der Waals surface area contributed by atoms with Crippen molar-refractivity contribution in [2.75, 3.05) is 4.90 Å². The number of pyridine rings is 1. The van der Waals surface area contributed by atoms with Gasteiger partial charge in [0.1, 0.15) is 11.7 Å². The lowest BCUT2D eigenvalue weighted by molar-refractivity contribution is -0.119. The maximum absolute atomic E-state index is 13.1. The molecule has 0 unspecified atom stereocenters. The SMILES string of the molecule is NC(=O)[C@@H]1Cc2ccccc2N1C(=O)c1cccc(-n2cccn2)n1. The number of amides is 2. The Hall–Kier alpha value is -3.48. The summed E-state index contributed by atoms with van der Waals surface area (Å²) >= 11 is 0. The fourth-order valence-electron chi connectivity index (χ4n) is 3.06. The van der Waals surface area contributed by atoms with E-state index in [1.165, 1.54) is 4.90 Å². The van der Waals surface area contributed by atoms with Crippen molar-refractivity contribution < 1.29 is 9.59 Å². The number of fused-ring (bicyclic) bond motifs is 1. The van der Waals surface area contributed by atoms with Crippen molar-refractivity contribution in [3.05, 3.63) is 72.2 Å². The van der Waals surface area contributed by atoms with Crippen LogP contribution >= 0.6 is 0 Å². The molecule has 2 amide bonds. The molecule has 7 heteroatoms. The van der Waals surface area contributed by atoms with E-state index in [2.05, 4.69) is 10.1 Å². The van der Waals surface area contributed by atoms with E-state index in [0.29, 0.717) is 17.9 Å². The first-order valence-electron chi connectivity index (χ1n) is 7.83. The molecule has 2 N–H and O–H groups in total. The molecule has 4 rings (SSSR count). The van der Waals surface area contributed by atoms with E-state index < -0.39 is 11.9 Å². The number of rotatable bonds is 3. The first kappa shape index (κ1) is 15.1. The number of para-hydroxylation sites is 1. The smallest absolute Gasteiger partial charge is 0.277 e. The summed E-state index contributed by atoms with van der Waals surface area (Å²) in [6, 6.07) is 13.6. The summed E-state index contributed by atoms with van der Waals surface area (Å²) in [6.45, 7) is 0. The molecule has 0 saturated heterocycles. The highest BCUT2D eigenvalue weighted by atomic mass is 16.2. The van der Waals surface area contributed by atoms with Gasteiger partial charge in [0.2, 0.25) is 5.91 Å². The summed E-state index contributed by atoms with van der Waals surface area (Å²) in [5.74, 6) is -0.366. The predicted molar refractivity (Wildman–Crippen MR) is 91.3 cm³/mol. The lowest BCUT2D eigenvalue weighted by Gasteiger charge is -2.23. The van der Waals surface area contributed by atoms with Crippen LogP contribution in [0.15, 0.2) is 60.9 Å². The fourth-order valence-corrected chi connectivity index (χ4v) is 3.06. The molecule has 3 heterocycles. The quantitative estimate of drug-likeness (QED) is 0.782. The molecule has 124 valence electrons. The molecule has 1 aliphatic heterocycles. The highest BCUT2D eigenvalue weighted by Crippen LogP contribution is 2.33. The monoisotopic (exact) mass is 333 g/mol. The van der Waals surface area contributed by atoms with Gasteiger partial charge in [0.25, 0.3) is 5.91 Å². The van der Waals surface area contributed by atoms with Gasteiger partial charge in [-0.1, -0.05) is 24.3 Å². The number of anilines is 1. The lowest BCUT2D eigenvalue weighted by Crippen LogP contribution is -2.46. The molecule has 0 aliphatic carbocycles. The standard InChI is InChI=1S/C18H15N5O2/c19-17(24)15-11-12-5-1-2-7-14(12)23(15)18(25)13-6-3-8-16(21-13)22-10-4-9-20-22/h1-10,15H,11H2,(H2,19,24)/t15-/m0/s1. The van der Waals surface area contributed by atoms with Crippen molar-refractivity contribution in [3.8, 4) is 5.82 Å². The number of carbonyl (C=O) groups is 2. The summed E-state index contributed by atoms with van der Waals surface area (Å²) in [5, 5.41) is 4.12. The first-order chi connectivity index (χ1) is 12.1. The molecule has 0 spiro atoms. The molecule has 1 aliphatic rings. The summed E-state index contributed by atoms with van der Waals surface area (Å²) in [5.41, 5.74) is 7.37. The van der Waals surface area contributed by atoms with Gasteiger partial charge in [-0.25, -0.2) is 9.67 Å². The van der Waals surface area contributed by atoms with Crippen LogP contribution in [-0.4, -0.2) is 32.6 Å². The normalized spacial score (nSPS) is 15.8. The molecule has 1 aromatic carbocycles. The first-order valence-corrected chi connectivity index (χ1v) is 7.83. The Bertz CT molecular complexity index is 952. The van der Waals surface area contributed by atoms with Crippen molar-refractivity contribution >= 4 is 17.5 Å². The average Bonchev–Trinajstić information content (AvgIpc) is 3.29.